The Morgan fingerprint density at radius 1 is 1.27 bits per heavy atom. The first-order valence-corrected chi connectivity index (χ1v) is 8.37. The van der Waals surface area contributed by atoms with E-state index in [9.17, 15) is 9.90 Å². The van der Waals surface area contributed by atoms with Gasteiger partial charge in [-0.15, -0.1) is 0 Å². The van der Waals surface area contributed by atoms with E-state index >= 15 is 0 Å². The molecule has 1 aromatic heterocycles. The lowest BCUT2D eigenvalue weighted by molar-refractivity contribution is -0.139. The number of nitrogens with zero attached hydrogens (tertiary/aromatic N) is 2. The first-order valence-electron chi connectivity index (χ1n) is 7.99. The average Bonchev–Trinajstić information content (AvgIpc) is 3.10. The van der Waals surface area contributed by atoms with Gasteiger partial charge in [-0.25, -0.2) is 4.63 Å². The van der Waals surface area contributed by atoms with E-state index in [2.05, 4.69) is 15.1 Å². The number of phenols is 1. The van der Waals surface area contributed by atoms with Crippen molar-refractivity contribution >= 4 is 28.6 Å². The van der Waals surface area contributed by atoms with Gasteiger partial charge in [0, 0.05) is 5.56 Å². The van der Waals surface area contributed by atoms with Crippen LogP contribution < -0.4 is 4.74 Å². The Kier molecular flexibility index (Phi) is 5.58. The second kappa shape index (κ2) is 8.05. The number of aromatic hydroxyl groups is 1. The summed E-state index contributed by atoms with van der Waals surface area (Å²) in [7, 11) is 1.34. The van der Waals surface area contributed by atoms with Crippen molar-refractivity contribution in [2.45, 2.75) is 19.3 Å². The molecule has 26 heavy (non-hydrogen) atoms. The fourth-order valence-electron chi connectivity index (χ4n) is 2.58. The number of hydrogen-bond acceptors (Lipinski definition) is 7. The lowest BCUT2D eigenvalue weighted by Gasteiger charge is -2.10. The number of fused-ring (bicyclic) bond motifs is 1. The monoisotopic (exact) mass is 376 g/mol. The van der Waals surface area contributed by atoms with Crippen molar-refractivity contribution < 1.29 is 24.0 Å². The maximum atomic E-state index is 11.3. The lowest BCUT2D eigenvalue weighted by Crippen LogP contribution is -2.05. The number of rotatable bonds is 7. The van der Waals surface area contributed by atoms with Gasteiger partial charge in [0.05, 0.1) is 25.2 Å². The summed E-state index contributed by atoms with van der Waals surface area (Å²) >= 11 is 6.19. The zero-order valence-electron chi connectivity index (χ0n) is 14.1. The molecule has 8 heteroatoms. The van der Waals surface area contributed by atoms with Gasteiger partial charge in [-0.3, -0.25) is 4.79 Å². The van der Waals surface area contributed by atoms with Crippen LogP contribution in [0.1, 0.15) is 17.5 Å². The number of aryl methyl sites for hydroxylation is 1. The van der Waals surface area contributed by atoms with Gasteiger partial charge < -0.3 is 14.6 Å². The third-order valence-corrected chi connectivity index (χ3v) is 4.20. The van der Waals surface area contributed by atoms with Crippen LogP contribution in [0.3, 0.4) is 0 Å². The zero-order chi connectivity index (χ0) is 18.5. The van der Waals surface area contributed by atoms with Crippen molar-refractivity contribution in [3.05, 3.63) is 46.5 Å². The summed E-state index contributed by atoms with van der Waals surface area (Å²) in [6.07, 6.45) is 1.35. The molecule has 1 N–H and O–H groups in total. The van der Waals surface area contributed by atoms with E-state index in [0.717, 1.165) is 5.56 Å². The van der Waals surface area contributed by atoms with Crippen molar-refractivity contribution in [2.24, 2.45) is 0 Å². The standard InChI is InChI=1S/C18H17ClN2O5/c1-24-17(23)10-11-4-7-16(13(19)9-11)25-8-2-3-12-15(22)6-5-14-18(12)21-26-20-14/h4-7,9,22H,2-3,8,10H2,1H3. The maximum Gasteiger partial charge on any atom is 0.309 e. The highest BCUT2D eigenvalue weighted by atomic mass is 35.5. The van der Waals surface area contributed by atoms with Crippen LogP contribution in [-0.2, 0) is 22.4 Å². The van der Waals surface area contributed by atoms with Crippen LogP contribution in [0.2, 0.25) is 5.02 Å². The number of carbonyl (C=O) groups is 1. The molecular weight excluding hydrogens is 360 g/mol. The predicted molar refractivity (Wildman–Crippen MR) is 94.5 cm³/mol. The van der Waals surface area contributed by atoms with E-state index in [-0.39, 0.29) is 18.1 Å². The van der Waals surface area contributed by atoms with Crippen molar-refractivity contribution in [3.8, 4) is 11.5 Å². The molecule has 0 aliphatic heterocycles. The van der Waals surface area contributed by atoms with Gasteiger partial charge in [0.1, 0.15) is 22.5 Å². The molecule has 0 unspecified atom stereocenters. The summed E-state index contributed by atoms with van der Waals surface area (Å²) in [6.45, 7) is 0.400. The summed E-state index contributed by atoms with van der Waals surface area (Å²) < 4.78 is 15.0. The Morgan fingerprint density at radius 2 is 2.12 bits per heavy atom. The van der Waals surface area contributed by atoms with E-state index in [4.69, 9.17) is 21.0 Å². The normalized spacial score (nSPS) is 10.8. The summed E-state index contributed by atoms with van der Waals surface area (Å²) in [5.74, 6) is 0.357. The minimum absolute atomic E-state index is 0.151. The number of ether oxygens (including phenoxy) is 2. The van der Waals surface area contributed by atoms with Crippen LogP contribution in [0.5, 0.6) is 11.5 Å². The highest BCUT2D eigenvalue weighted by Crippen LogP contribution is 2.28. The second-order valence-corrected chi connectivity index (χ2v) is 6.07. The number of halogens is 1. The molecule has 3 aromatic rings. The Labute approximate surface area is 154 Å². The number of methoxy groups -OCH3 is 1. The van der Waals surface area contributed by atoms with Gasteiger partial charge in [-0.2, -0.15) is 0 Å². The van der Waals surface area contributed by atoms with Crippen LogP contribution in [0.15, 0.2) is 35.0 Å². The van der Waals surface area contributed by atoms with Crippen LogP contribution in [0, 0.1) is 0 Å². The molecule has 136 valence electrons. The summed E-state index contributed by atoms with van der Waals surface area (Å²) in [5.41, 5.74) is 2.58. The number of carbonyl (C=O) groups excluding carboxylic acids is 1. The van der Waals surface area contributed by atoms with E-state index < -0.39 is 0 Å². The predicted octanol–water partition coefficient (Wildman–Crippen LogP) is 3.31. The average molecular weight is 377 g/mol. The Bertz CT molecular complexity index is 925. The van der Waals surface area contributed by atoms with Crippen molar-refractivity contribution in [1.82, 2.24) is 10.3 Å². The molecule has 0 saturated heterocycles. The van der Waals surface area contributed by atoms with Crippen molar-refractivity contribution in [3.63, 3.8) is 0 Å². The Balaban J connectivity index is 1.57. The largest absolute Gasteiger partial charge is 0.508 e. The molecule has 0 aliphatic rings. The zero-order valence-corrected chi connectivity index (χ0v) is 14.8. The molecule has 0 saturated carbocycles. The van der Waals surface area contributed by atoms with Crippen molar-refractivity contribution in [2.75, 3.05) is 13.7 Å². The molecule has 0 bridgehead atoms. The minimum Gasteiger partial charge on any atom is -0.508 e. The molecule has 0 amide bonds. The smallest absolute Gasteiger partial charge is 0.309 e. The molecule has 2 aromatic carbocycles. The van der Waals surface area contributed by atoms with E-state index in [1.807, 2.05) is 0 Å². The molecule has 0 spiro atoms. The van der Waals surface area contributed by atoms with Gasteiger partial charge >= 0.3 is 5.97 Å². The molecule has 0 atom stereocenters. The number of aromatic nitrogens is 2. The molecule has 0 fully saturated rings. The lowest BCUT2D eigenvalue weighted by atomic mass is 10.1. The van der Waals surface area contributed by atoms with Crippen molar-refractivity contribution in [1.29, 1.82) is 0 Å². The molecule has 0 aliphatic carbocycles. The SMILES string of the molecule is COC(=O)Cc1ccc(OCCCc2c(O)ccc3nonc23)c(Cl)c1. The number of esters is 1. The maximum absolute atomic E-state index is 11.3. The first-order chi connectivity index (χ1) is 12.6. The highest BCUT2D eigenvalue weighted by Gasteiger charge is 2.12. The van der Waals surface area contributed by atoms with Gasteiger partial charge in [0.25, 0.3) is 0 Å². The van der Waals surface area contributed by atoms with Gasteiger partial charge in [-0.1, -0.05) is 17.7 Å². The van der Waals surface area contributed by atoms with E-state index in [0.29, 0.717) is 46.8 Å². The van der Waals surface area contributed by atoms with Crippen LogP contribution in [-0.4, -0.2) is 35.1 Å². The molecule has 7 nitrogen and oxygen atoms in total. The van der Waals surface area contributed by atoms with Crippen LogP contribution in [0.4, 0.5) is 0 Å². The molecule has 1 heterocycles. The van der Waals surface area contributed by atoms with Crippen LogP contribution in [0.25, 0.3) is 11.0 Å². The third-order valence-electron chi connectivity index (χ3n) is 3.91. The quantitative estimate of drug-likeness (QED) is 0.499. The first kappa shape index (κ1) is 18.0. The Morgan fingerprint density at radius 3 is 2.88 bits per heavy atom. The molecular formula is C18H17ClN2O5. The van der Waals surface area contributed by atoms with Gasteiger partial charge in [0.15, 0.2) is 0 Å². The fourth-order valence-corrected chi connectivity index (χ4v) is 2.84. The van der Waals surface area contributed by atoms with Crippen LogP contribution >= 0.6 is 11.6 Å². The van der Waals surface area contributed by atoms with Gasteiger partial charge in [-0.05, 0) is 53.0 Å². The molecule has 3 rings (SSSR count). The summed E-state index contributed by atoms with van der Waals surface area (Å²) in [4.78, 5) is 11.3. The highest BCUT2D eigenvalue weighted by molar-refractivity contribution is 6.32. The second-order valence-electron chi connectivity index (χ2n) is 5.66. The topological polar surface area (TPSA) is 94.7 Å². The van der Waals surface area contributed by atoms with E-state index in [1.165, 1.54) is 7.11 Å². The van der Waals surface area contributed by atoms with Gasteiger partial charge in [0.2, 0.25) is 0 Å². The number of benzene rings is 2. The summed E-state index contributed by atoms with van der Waals surface area (Å²) in [5, 5.41) is 18.0. The number of hydrogen-bond donors (Lipinski definition) is 1. The summed E-state index contributed by atoms with van der Waals surface area (Å²) in [6, 6.07) is 8.39. The fraction of sp³-hybridized carbons (Fsp3) is 0.278. The minimum atomic E-state index is -0.328. The van der Waals surface area contributed by atoms with E-state index in [1.54, 1.807) is 30.3 Å². The molecule has 0 radical (unpaired) electrons. The Hall–Kier alpha value is -2.80. The third kappa shape index (κ3) is 4.05. The number of phenolic OH excluding ortho intramolecular Hbond substituents is 1.